The van der Waals surface area contributed by atoms with Gasteiger partial charge in [-0.25, -0.2) is 5.43 Å². The van der Waals surface area contributed by atoms with Crippen molar-refractivity contribution in [2.75, 3.05) is 6.61 Å². The molecular weight excluding hydrogens is 276 g/mol. The third-order valence-corrected chi connectivity index (χ3v) is 2.96. The first-order valence-corrected chi connectivity index (χ1v) is 7.36. The second-order valence-corrected chi connectivity index (χ2v) is 4.87. The van der Waals surface area contributed by atoms with E-state index in [-0.39, 0.29) is 5.91 Å². The van der Waals surface area contributed by atoms with Crippen LogP contribution in [0.4, 0.5) is 0 Å². The Morgan fingerprint density at radius 2 is 1.86 bits per heavy atom. The maximum absolute atomic E-state index is 11.7. The molecule has 2 aromatic carbocycles. The van der Waals surface area contributed by atoms with Crippen molar-refractivity contribution in [1.29, 1.82) is 0 Å². The van der Waals surface area contributed by atoms with Crippen molar-refractivity contribution in [3.8, 4) is 5.75 Å². The molecule has 0 spiro atoms. The Balaban J connectivity index is 1.80. The Morgan fingerprint density at radius 1 is 1.14 bits per heavy atom. The molecule has 4 heteroatoms. The number of rotatable bonds is 7. The zero-order valence-electron chi connectivity index (χ0n) is 12.7. The summed E-state index contributed by atoms with van der Waals surface area (Å²) in [5.74, 6) is 0.706. The van der Waals surface area contributed by atoms with Crippen LogP contribution >= 0.6 is 0 Å². The van der Waals surface area contributed by atoms with Gasteiger partial charge in [0.05, 0.1) is 19.2 Å². The SMILES string of the molecule is CCCOc1ccc(/C=N\NC(=O)Cc2ccccc2)cc1. The van der Waals surface area contributed by atoms with E-state index in [2.05, 4.69) is 17.5 Å². The van der Waals surface area contributed by atoms with Gasteiger partial charge >= 0.3 is 0 Å². The van der Waals surface area contributed by atoms with Crippen molar-refractivity contribution in [2.45, 2.75) is 19.8 Å². The smallest absolute Gasteiger partial charge is 0.244 e. The van der Waals surface area contributed by atoms with Crippen molar-refractivity contribution in [3.05, 3.63) is 65.7 Å². The largest absolute Gasteiger partial charge is 0.494 e. The molecule has 0 aliphatic rings. The van der Waals surface area contributed by atoms with Crippen LogP contribution in [0.3, 0.4) is 0 Å². The third kappa shape index (κ3) is 5.40. The summed E-state index contributed by atoms with van der Waals surface area (Å²) in [5, 5.41) is 3.96. The van der Waals surface area contributed by atoms with Crippen molar-refractivity contribution < 1.29 is 9.53 Å². The molecule has 4 nitrogen and oxygen atoms in total. The first-order valence-electron chi connectivity index (χ1n) is 7.36. The second kappa shape index (κ2) is 8.62. The third-order valence-electron chi connectivity index (χ3n) is 2.96. The number of carbonyl (C=O) groups excluding carboxylic acids is 1. The van der Waals surface area contributed by atoms with Gasteiger partial charge in [0.15, 0.2) is 0 Å². The molecule has 0 bridgehead atoms. The van der Waals surface area contributed by atoms with Gasteiger partial charge in [-0.1, -0.05) is 37.3 Å². The fourth-order valence-corrected chi connectivity index (χ4v) is 1.87. The van der Waals surface area contributed by atoms with Gasteiger partial charge in [-0.15, -0.1) is 0 Å². The number of hydrogen-bond donors (Lipinski definition) is 1. The molecule has 0 aromatic heterocycles. The molecule has 1 N–H and O–H groups in total. The molecule has 22 heavy (non-hydrogen) atoms. The molecule has 2 rings (SSSR count). The zero-order valence-corrected chi connectivity index (χ0v) is 12.7. The number of nitrogens with zero attached hydrogens (tertiary/aromatic N) is 1. The highest BCUT2D eigenvalue weighted by Crippen LogP contribution is 2.11. The minimum atomic E-state index is -0.134. The van der Waals surface area contributed by atoms with Gasteiger partial charge in [0.2, 0.25) is 5.91 Å². The topological polar surface area (TPSA) is 50.7 Å². The standard InChI is InChI=1S/C18H20N2O2/c1-2-12-22-17-10-8-16(9-11-17)14-19-20-18(21)13-15-6-4-3-5-7-15/h3-11,14H,2,12-13H2,1H3,(H,20,21)/b19-14-. The Morgan fingerprint density at radius 3 is 2.55 bits per heavy atom. The predicted molar refractivity (Wildman–Crippen MR) is 88.1 cm³/mol. The van der Waals surface area contributed by atoms with Gasteiger partial charge in [-0.3, -0.25) is 4.79 Å². The number of hydrazone groups is 1. The van der Waals surface area contributed by atoms with E-state index in [9.17, 15) is 4.79 Å². The van der Waals surface area contributed by atoms with E-state index in [1.165, 1.54) is 0 Å². The Hall–Kier alpha value is -2.62. The van der Waals surface area contributed by atoms with Crippen molar-refractivity contribution in [3.63, 3.8) is 0 Å². The molecular formula is C18H20N2O2. The predicted octanol–water partition coefficient (Wildman–Crippen LogP) is 3.17. The van der Waals surface area contributed by atoms with E-state index in [4.69, 9.17) is 4.74 Å². The molecule has 0 aliphatic carbocycles. The molecule has 0 unspecified atom stereocenters. The quantitative estimate of drug-likeness (QED) is 0.630. The van der Waals surface area contributed by atoms with E-state index in [0.29, 0.717) is 13.0 Å². The summed E-state index contributed by atoms with van der Waals surface area (Å²) in [6.07, 6.45) is 2.92. The normalized spacial score (nSPS) is 10.6. The monoisotopic (exact) mass is 296 g/mol. The summed E-state index contributed by atoms with van der Waals surface area (Å²) in [7, 11) is 0. The van der Waals surface area contributed by atoms with E-state index in [1.807, 2.05) is 54.6 Å². The van der Waals surface area contributed by atoms with E-state index < -0.39 is 0 Å². The van der Waals surface area contributed by atoms with E-state index >= 15 is 0 Å². The summed E-state index contributed by atoms with van der Waals surface area (Å²) in [6, 6.07) is 17.2. The summed E-state index contributed by atoms with van der Waals surface area (Å²) in [6.45, 7) is 2.78. The fourth-order valence-electron chi connectivity index (χ4n) is 1.87. The van der Waals surface area contributed by atoms with E-state index in [0.717, 1.165) is 23.3 Å². The molecule has 0 fully saturated rings. The van der Waals surface area contributed by atoms with Crippen molar-refractivity contribution in [1.82, 2.24) is 5.43 Å². The molecule has 0 heterocycles. The molecule has 0 saturated carbocycles. The lowest BCUT2D eigenvalue weighted by Crippen LogP contribution is -2.19. The Kier molecular flexibility index (Phi) is 6.18. The van der Waals surface area contributed by atoms with Gasteiger partial charge in [-0.2, -0.15) is 5.10 Å². The summed E-state index contributed by atoms with van der Waals surface area (Å²) in [5.41, 5.74) is 4.40. The summed E-state index contributed by atoms with van der Waals surface area (Å²) in [4.78, 5) is 11.7. The Bertz CT molecular complexity index is 607. The number of carbonyl (C=O) groups is 1. The molecule has 114 valence electrons. The van der Waals surface area contributed by atoms with Gasteiger partial charge in [0.1, 0.15) is 5.75 Å². The molecule has 0 atom stereocenters. The molecule has 1 amide bonds. The number of benzene rings is 2. The fraction of sp³-hybridized carbons (Fsp3) is 0.222. The average molecular weight is 296 g/mol. The molecule has 0 saturated heterocycles. The Labute approximate surface area is 130 Å². The maximum Gasteiger partial charge on any atom is 0.244 e. The van der Waals surface area contributed by atoms with Gasteiger partial charge < -0.3 is 4.74 Å². The van der Waals surface area contributed by atoms with Gasteiger partial charge in [-0.05, 0) is 41.8 Å². The number of ether oxygens (including phenoxy) is 1. The summed E-state index contributed by atoms with van der Waals surface area (Å²) < 4.78 is 5.50. The molecule has 2 aromatic rings. The number of nitrogens with one attached hydrogen (secondary N) is 1. The van der Waals surface area contributed by atoms with Crippen LogP contribution in [0, 0.1) is 0 Å². The lowest BCUT2D eigenvalue weighted by molar-refractivity contribution is -0.120. The number of amides is 1. The maximum atomic E-state index is 11.7. The minimum Gasteiger partial charge on any atom is -0.494 e. The van der Waals surface area contributed by atoms with Crippen molar-refractivity contribution in [2.24, 2.45) is 5.10 Å². The highest BCUT2D eigenvalue weighted by molar-refractivity contribution is 5.83. The minimum absolute atomic E-state index is 0.134. The van der Waals surface area contributed by atoms with Crippen LogP contribution < -0.4 is 10.2 Å². The van der Waals surface area contributed by atoms with Crippen LogP contribution in [-0.4, -0.2) is 18.7 Å². The van der Waals surface area contributed by atoms with Crippen LogP contribution in [0.15, 0.2) is 59.7 Å². The first kappa shape index (κ1) is 15.8. The molecule has 0 radical (unpaired) electrons. The van der Waals surface area contributed by atoms with Crippen LogP contribution in [0.1, 0.15) is 24.5 Å². The van der Waals surface area contributed by atoms with Crippen LogP contribution in [-0.2, 0) is 11.2 Å². The van der Waals surface area contributed by atoms with Crippen molar-refractivity contribution >= 4 is 12.1 Å². The first-order chi connectivity index (χ1) is 10.8. The zero-order chi connectivity index (χ0) is 15.6. The lowest BCUT2D eigenvalue weighted by atomic mass is 10.1. The van der Waals surface area contributed by atoms with Gasteiger partial charge in [0.25, 0.3) is 0 Å². The average Bonchev–Trinajstić information content (AvgIpc) is 2.55. The van der Waals surface area contributed by atoms with Crippen LogP contribution in [0.5, 0.6) is 5.75 Å². The highest BCUT2D eigenvalue weighted by atomic mass is 16.5. The number of hydrogen-bond acceptors (Lipinski definition) is 3. The van der Waals surface area contributed by atoms with Crippen LogP contribution in [0.2, 0.25) is 0 Å². The van der Waals surface area contributed by atoms with Gasteiger partial charge in [0, 0.05) is 0 Å². The highest BCUT2D eigenvalue weighted by Gasteiger charge is 2.00. The lowest BCUT2D eigenvalue weighted by Gasteiger charge is -2.04. The second-order valence-electron chi connectivity index (χ2n) is 4.87. The molecule has 0 aliphatic heterocycles. The van der Waals surface area contributed by atoms with E-state index in [1.54, 1.807) is 6.21 Å². The summed E-state index contributed by atoms with van der Waals surface area (Å²) >= 11 is 0. The van der Waals surface area contributed by atoms with Crippen LogP contribution in [0.25, 0.3) is 0 Å².